The molecule has 1 saturated heterocycles. The van der Waals surface area contributed by atoms with Crippen molar-refractivity contribution in [1.29, 1.82) is 0 Å². The van der Waals surface area contributed by atoms with Crippen molar-refractivity contribution in [1.82, 2.24) is 4.90 Å². The number of sulfone groups is 1. The first kappa shape index (κ1) is 16.8. The van der Waals surface area contributed by atoms with E-state index in [1.165, 1.54) is 0 Å². The molecule has 1 fully saturated rings. The van der Waals surface area contributed by atoms with E-state index in [1.807, 2.05) is 39.0 Å². The zero-order chi connectivity index (χ0) is 16.3. The minimum absolute atomic E-state index is 0.0505. The van der Waals surface area contributed by atoms with E-state index in [4.69, 9.17) is 0 Å². The number of nitrogens with one attached hydrogen (secondary N) is 1. The fraction of sp³-hybridized carbons (Fsp3) is 0.562. The number of anilines is 1. The largest absolute Gasteiger partial charge is 0.376 e. The van der Waals surface area contributed by atoms with E-state index in [-0.39, 0.29) is 30.0 Å². The predicted octanol–water partition coefficient (Wildman–Crippen LogP) is 1.75. The van der Waals surface area contributed by atoms with Gasteiger partial charge in [-0.25, -0.2) is 8.42 Å². The van der Waals surface area contributed by atoms with E-state index >= 15 is 0 Å². The average molecular weight is 324 g/mol. The van der Waals surface area contributed by atoms with Crippen LogP contribution in [0.15, 0.2) is 18.2 Å². The highest BCUT2D eigenvalue weighted by molar-refractivity contribution is 7.91. The standard InChI is InChI=1S/C16H24N2O3S/c1-4-18(14-7-8-22(20,21)11-14)16(19)10-17-15-9-12(2)5-6-13(15)3/h5-6,9,14,17H,4,7-8,10-11H2,1-3H3/t14-/m0/s1. The molecule has 2 rings (SSSR count). The molecule has 1 amide bonds. The number of nitrogens with zero attached hydrogens (tertiary/aromatic N) is 1. The SMILES string of the molecule is CCN(C(=O)CNc1cc(C)ccc1C)[C@H]1CCS(=O)(=O)C1. The molecular formula is C16H24N2O3S. The number of carbonyl (C=O) groups is 1. The smallest absolute Gasteiger partial charge is 0.242 e. The second-order valence-corrected chi connectivity index (χ2v) is 8.14. The van der Waals surface area contributed by atoms with Crippen LogP contribution in [-0.2, 0) is 14.6 Å². The lowest BCUT2D eigenvalue weighted by molar-refractivity contribution is -0.130. The number of carbonyl (C=O) groups excluding carboxylic acids is 1. The van der Waals surface area contributed by atoms with Gasteiger partial charge in [0.2, 0.25) is 5.91 Å². The van der Waals surface area contributed by atoms with Gasteiger partial charge in [-0.3, -0.25) is 4.79 Å². The van der Waals surface area contributed by atoms with Gasteiger partial charge in [-0.2, -0.15) is 0 Å². The number of hydrogen-bond acceptors (Lipinski definition) is 4. The summed E-state index contributed by atoms with van der Waals surface area (Å²) >= 11 is 0. The quantitative estimate of drug-likeness (QED) is 0.896. The lowest BCUT2D eigenvalue weighted by atomic mass is 10.1. The van der Waals surface area contributed by atoms with Gasteiger partial charge in [-0.05, 0) is 44.4 Å². The van der Waals surface area contributed by atoms with Gasteiger partial charge in [0.25, 0.3) is 0 Å². The molecule has 122 valence electrons. The van der Waals surface area contributed by atoms with Gasteiger partial charge in [-0.15, -0.1) is 0 Å². The van der Waals surface area contributed by atoms with Crippen molar-refractivity contribution in [2.45, 2.75) is 33.2 Å². The molecule has 0 radical (unpaired) electrons. The van der Waals surface area contributed by atoms with Gasteiger partial charge < -0.3 is 10.2 Å². The van der Waals surface area contributed by atoms with Crippen LogP contribution in [0.5, 0.6) is 0 Å². The van der Waals surface area contributed by atoms with Gasteiger partial charge in [0.15, 0.2) is 9.84 Å². The Kier molecular flexibility index (Phi) is 5.11. The Hall–Kier alpha value is -1.56. The van der Waals surface area contributed by atoms with E-state index in [1.54, 1.807) is 4.90 Å². The summed E-state index contributed by atoms with van der Waals surface area (Å²) in [5.74, 6) is 0.229. The lowest BCUT2D eigenvalue weighted by Crippen LogP contribution is -2.43. The zero-order valence-corrected chi connectivity index (χ0v) is 14.2. The first-order chi connectivity index (χ1) is 10.3. The number of benzene rings is 1. The van der Waals surface area contributed by atoms with E-state index in [2.05, 4.69) is 5.32 Å². The highest BCUT2D eigenvalue weighted by atomic mass is 32.2. The minimum Gasteiger partial charge on any atom is -0.376 e. The Morgan fingerprint density at radius 2 is 2.09 bits per heavy atom. The summed E-state index contributed by atoms with van der Waals surface area (Å²) in [6.07, 6.45) is 0.547. The molecule has 0 saturated carbocycles. The molecule has 1 aromatic carbocycles. The first-order valence-electron chi connectivity index (χ1n) is 7.63. The molecule has 0 spiro atoms. The summed E-state index contributed by atoms with van der Waals surface area (Å²) in [5.41, 5.74) is 3.17. The summed E-state index contributed by atoms with van der Waals surface area (Å²) in [7, 11) is -2.98. The lowest BCUT2D eigenvalue weighted by Gasteiger charge is -2.27. The Bertz CT molecular complexity index is 655. The Balaban J connectivity index is 1.99. The van der Waals surface area contributed by atoms with Gasteiger partial charge in [0, 0.05) is 18.3 Å². The van der Waals surface area contributed by atoms with Crippen molar-refractivity contribution in [2.24, 2.45) is 0 Å². The molecule has 0 aliphatic carbocycles. The summed E-state index contributed by atoms with van der Waals surface area (Å²) in [6.45, 7) is 6.62. The maximum absolute atomic E-state index is 12.4. The fourth-order valence-electron chi connectivity index (χ4n) is 2.86. The summed E-state index contributed by atoms with van der Waals surface area (Å²) in [4.78, 5) is 14.1. The Morgan fingerprint density at radius 1 is 1.36 bits per heavy atom. The van der Waals surface area contributed by atoms with E-state index < -0.39 is 9.84 Å². The second kappa shape index (κ2) is 6.69. The van der Waals surface area contributed by atoms with E-state index in [0.717, 1.165) is 16.8 Å². The van der Waals surface area contributed by atoms with E-state index in [0.29, 0.717) is 13.0 Å². The molecule has 1 aliphatic heterocycles. The van der Waals surface area contributed by atoms with Crippen molar-refractivity contribution < 1.29 is 13.2 Å². The summed E-state index contributed by atoms with van der Waals surface area (Å²) in [6, 6.07) is 5.88. The number of rotatable bonds is 5. The first-order valence-corrected chi connectivity index (χ1v) is 9.45. The summed E-state index contributed by atoms with van der Waals surface area (Å²) in [5, 5.41) is 3.17. The van der Waals surface area contributed by atoms with Gasteiger partial charge >= 0.3 is 0 Å². The van der Waals surface area contributed by atoms with Crippen LogP contribution in [0.25, 0.3) is 0 Å². The van der Waals surface area contributed by atoms with Gasteiger partial charge in [0.1, 0.15) is 0 Å². The van der Waals surface area contributed by atoms with Crippen LogP contribution in [0.2, 0.25) is 0 Å². The maximum atomic E-state index is 12.4. The number of aryl methyl sites for hydroxylation is 2. The molecule has 1 aromatic rings. The van der Waals surface area contributed by atoms with Crippen molar-refractivity contribution in [3.05, 3.63) is 29.3 Å². The second-order valence-electron chi connectivity index (χ2n) is 5.91. The molecule has 1 aliphatic rings. The van der Waals surface area contributed by atoms with Crippen molar-refractivity contribution in [3.8, 4) is 0 Å². The van der Waals surface area contributed by atoms with Crippen LogP contribution in [0, 0.1) is 13.8 Å². The van der Waals surface area contributed by atoms with Crippen LogP contribution >= 0.6 is 0 Å². The third-order valence-corrected chi connectivity index (χ3v) is 5.88. The molecule has 1 N–H and O–H groups in total. The molecule has 22 heavy (non-hydrogen) atoms. The molecule has 5 nitrogen and oxygen atoms in total. The predicted molar refractivity (Wildman–Crippen MR) is 88.9 cm³/mol. The molecule has 1 atom stereocenters. The number of amides is 1. The number of likely N-dealkylation sites (N-methyl/N-ethyl adjacent to an activating group) is 1. The maximum Gasteiger partial charge on any atom is 0.242 e. The van der Waals surface area contributed by atoms with Crippen molar-refractivity contribution in [2.75, 3.05) is 29.9 Å². The molecule has 0 unspecified atom stereocenters. The van der Waals surface area contributed by atoms with Crippen LogP contribution in [0.4, 0.5) is 5.69 Å². The van der Waals surface area contributed by atoms with Crippen molar-refractivity contribution in [3.63, 3.8) is 0 Å². The van der Waals surface area contributed by atoms with Crippen LogP contribution in [0.3, 0.4) is 0 Å². The van der Waals surface area contributed by atoms with Gasteiger partial charge in [-0.1, -0.05) is 12.1 Å². The van der Waals surface area contributed by atoms with Crippen LogP contribution in [-0.4, -0.2) is 49.9 Å². The normalized spacial score (nSPS) is 19.9. The van der Waals surface area contributed by atoms with E-state index in [9.17, 15) is 13.2 Å². The summed E-state index contributed by atoms with van der Waals surface area (Å²) < 4.78 is 23.2. The molecule has 6 heteroatoms. The zero-order valence-electron chi connectivity index (χ0n) is 13.4. The minimum atomic E-state index is -2.98. The van der Waals surface area contributed by atoms with Gasteiger partial charge in [0.05, 0.1) is 18.1 Å². The topological polar surface area (TPSA) is 66.5 Å². The highest BCUT2D eigenvalue weighted by Gasteiger charge is 2.33. The van der Waals surface area contributed by atoms with Crippen LogP contribution in [0.1, 0.15) is 24.5 Å². The fourth-order valence-corrected chi connectivity index (χ4v) is 4.59. The monoisotopic (exact) mass is 324 g/mol. The van der Waals surface area contributed by atoms with Crippen molar-refractivity contribution >= 4 is 21.4 Å². The van der Waals surface area contributed by atoms with Crippen LogP contribution < -0.4 is 5.32 Å². The molecule has 0 bridgehead atoms. The Labute approximate surface area is 132 Å². The highest BCUT2D eigenvalue weighted by Crippen LogP contribution is 2.19. The number of hydrogen-bond donors (Lipinski definition) is 1. The molecule has 1 heterocycles. The molecule has 0 aromatic heterocycles. The third-order valence-electron chi connectivity index (χ3n) is 4.13. The average Bonchev–Trinajstić information content (AvgIpc) is 2.80. The Morgan fingerprint density at radius 3 is 2.68 bits per heavy atom. The third kappa shape index (κ3) is 4.00. The molecular weight excluding hydrogens is 300 g/mol.